The maximum atomic E-state index is 4.44. The molecule has 1 heterocycles. The molecule has 1 nitrogen and oxygen atoms in total. The molecule has 0 spiro atoms. The van der Waals surface area contributed by atoms with Gasteiger partial charge in [-0.25, -0.2) is 0 Å². The summed E-state index contributed by atoms with van der Waals surface area (Å²) in [6, 6.07) is 8.27. The Morgan fingerprint density at radius 1 is 1.14 bits per heavy atom. The van der Waals surface area contributed by atoms with E-state index in [-0.39, 0.29) is 0 Å². The zero-order valence-corrected chi connectivity index (χ0v) is 10.4. The van der Waals surface area contributed by atoms with E-state index in [1.54, 1.807) is 11.5 Å². The van der Waals surface area contributed by atoms with Crippen molar-refractivity contribution in [3.8, 4) is 11.3 Å². The predicted molar refractivity (Wildman–Crippen MR) is 64.7 cm³/mol. The third kappa shape index (κ3) is 1.74. The lowest BCUT2D eigenvalue weighted by Gasteiger charge is -1.98. The minimum absolute atomic E-state index is 1.10. The van der Waals surface area contributed by atoms with Crippen molar-refractivity contribution in [3.63, 3.8) is 0 Å². The lowest BCUT2D eigenvalue weighted by Crippen LogP contribution is -1.80. The topological polar surface area (TPSA) is 12.9 Å². The van der Waals surface area contributed by atoms with Crippen molar-refractivity contribution in [1.29, 1.82) is 0 Å². The van der Waals surface area contributed by atoms with Crippen LogP contribution in [0.4, 0.5) is 0 Å². The highest BCUT2D eigenvalue weighted by atomic mass is 79.9. The Kier molecular flexibility index (Phi) is 2.70. The maximum Gasteiger partial charge on any atom is 0.0872 e. The van der Waals surface area contributed by atoms with E-state index >= 15 is 0 Å². The summed E-state index contributed by atoms with van der Waals surface area (Å²) < 4.78 is 5.54. The molecular formula is C11H10BrNS. The number of aromatic nitrogens is 1. The molecule has 72 valence electrons. The van der Waals surface area contributed by atoms with Gasteiger partial charge in [-0.2, -0.15) is 4.37 Å². The van der Waals surface area contributed by atoms with Gasteiger partial charge in [0.05, 0.1) is 5.69 Å². The van der Waals surface area contributed by atoms with Gasteiger partial charge in [-0.1, -0.05) is 28.1 Å². The molecule has 0 saturated heterocycles. The highest BCUT2D eigenvalue weighted by Gasteiger charge is 2.07. The third-order valence-corrected chi connectivity index (χ3v) is 3.66. The van der Waals surface area contributed by atoms with E-state index in [2.05, 4.69) is 46.3 Å². The van der Waals surface area contributed by atoms with Gasteiger partial charge in [-0.15, -0.1) is 0 Å². The molecule has 1 aromatic heterocycles. The molecule has 0 radical (unpaired) electrons. The first-order valence-electron chi connectivity index (χ1n) is 4.37. The van der Waals surface area contributed by atoms with Gasteiger partial charge < -0.3 is 0 Å². The van der Waals surface area contributed by atoms with Gasteiger partial charge in [0, 0.05) is 14.9 Å². The zero-order chi connectivity index (χ0) is 10.1. The van der Waals surface area contributed by atoms with Crippen LogP contribution in [0, 0.1) is 13.8 Å². The van der Waals surface area contributed by atoms with Crippen LogP contribution in [0.5, 0.6) is 0 Å². The van der Waals surface area contributed by atoms with Crippen LogP contribution in [0.1, 0.15) is 10.4 Å². The molecule has 0 atom stereocenters. The van der Waals surface area contributed by atoms with E-state index in [9.17, 15) is 0 Å². The molecular weight excluding hydrogens is 258 g/mol. The molecule has 0 unspecified atom stereocenters. The molecule has 0 aliphatic rings. The number of rotatable bonds is 1. The number of benzene rings is 1. The fourth-order valence-electron chi connectivity index (χ4n) is 1.29. The number of aryl methyl sites for hydroxylation is 1. The first-order chi connectivity index (χ1) is 6.68. The molecule has 2 rings (SSSR count). The molecule has 0 N–H and O–H groups in total. The molecule has 2 aromatic rings. The van der Waals surface area contributed by atoms with E-state index < -0.39 is 0 Å². The summed E-state index contributed by atoms with van der Waals surface area (Å²) >= 11 is 4.99. The van der Waals surface area contributed by atoms with Gasteiger partial charge in [0.2, 0.25) is 0 Å². The predicted octanol–water partition coefficient (Wildman–Crippen LogP) is 4.19. The number of halogens is 1. The van der Waals surface area contributed by atoms with Crippen LogP contribution in [0.2, 0.25) is 0 Å². The van der Waals surface area contributed by atoms with Gasteiger partial charge in [0.1, 0.15) is 0 Å². The van der Waals surface area contributed by atoms with E-state index in [4.69, 9.17) is 0 Å². The molecule has 0 aliphatic heterocycles. The average Bonchev–Trinajstić information content (AvgIpc) is 2.50. The minimum Gasteiger partial charge on any atom is -0.192 e. The summed E-state index contributed by atoms with van der Waals surface area (Å²) in [7, 11) is 0. The molecule has 0 amide bonds. The molecule has 0 fully saturated rings. The number of hydrogen-bond donors (Lipinski definition) is 0. The second kappa shape index (κ2) is 3.83. The summed E-state index contributed by atoms with van der Waals surface area (Å²) in [5.41, 5.74) is 3.59. The standard InChI is InChI=1S/C11H10BrNS/c1-7-8(2)14-13-11(7)9-3-5-10(12)6-4-9/h3-6H,1-2H3. The van der Waals surface area contributed by atoms with Gasteiger partial charge in [-0.3, -0.25) is 0 Å². The second-order valence-corrected chi connectivity index (χ2v) is 5.11. The number of hydrogen-bond acceptors (Lipinski definition) is 2. The summed E-state index contributed by atoms with van der Waals surface area (Å²) in [6.45, 7) is 4.23. The first kappa shape index (κ1) is 9.87. The highest BCUT2D eigenvalue weighted by Crippen LogP contribution is 2.27. The fourth-order valence-corrected chi connectivity index (χ4v) is 2.26. The normalized spacial score (nSPS) is 10.5. The average molecular weight is 268 g/mol. The smallest absolute Gasteiger partial charge is 0.0872 e. The highest BCUT2D eigenvalue weighted by molar-refractivity contribution is 9.10. The fraction of sp³-hybridized carbons (Fsp3) is 0.182. The van der Waals surface area contributed by atoms with Crippen LogP contribution in [0.25, 0.3) is 11.3 Å². The van der Waals surface area contributed by atoms with Crippen molar-refractivity contribution in [2.45, 2.75) is 13.8 Å². The van der Waals surface area contributed by atoms with Gasteiger partial charge in [0.15, 0.2) is 0 Å². The lowest BCUT2D eigenvalue weighted by molar-refractivity contribution is 1.39. The third-order valence-electron chi connectivity index (χ3n) is 2.27. The molecule has 3 heteroatoms. The van der Waals surface area contributed by atoms with Gasteiger partial charge in [0.25, 0.3) is 0 Å². The summed E-state index contributed by atoms with van der Waals surface area (Å²) in [4.78, 5) is 1.29. The van der Waals surface area contributed by atoms with Crippen LogP contribution in [-0.2, 0) is 0 Å². The van der Waals surface area contributed by atoms with Crippen LogP contribution in [0.15, 0.2) is 28.7 Å². The maximum absolute atomic E-state index is 4.44. The Bertz CT molecular complexity index is 445. The van der Waals surface area contributed by atoms with Crippen LogP contribution >= 0.6 is 27.5 Å². The van der Waals surface area contributed by atoms with Crippen molar-refractivity contribution in [2.75, 3.05) is 0 Å². The van der Waals surface area contributed by atoms with Crippen molar-refractivity contribution in [1.82, 2.24) is 4.37 Å². The second-order valence-electron chi connectivity index (χ2n) is 3.22. The summed E-state index contributed by atoms with van der Waals surface area (Å²) in [6.07, 6.45) is 0. The van der Waals surface area contributed by atoms with Crippen LogP contribution in [-0.4, -0.2) is 4.37 Å². The van der Waals surface area contributed by atoms with Crippen LogP contribution in [0.3, 0.4) is 0 Å². The molecule has 1 aromatic carbocycles. The SMILES string of the molecule is Cc1snc(-c2ccc(Br)cc2)c1C. The quantitative estimate of drug-likeness (QED) is 0.755. The molecule has 0 saturated carbocycles. The zero-order valence-electron chi connectivity index (χ0n) is 8.04. The molecule has 14 heavy (non-hydrogen) atoms. The Morgan fingerprint density at radius 3 is 2.29 bits per heavy atom. The number of nitrogens with zero attached hydrogens (tertiary/aromatic N) is 1. The summed E-state index contributed by atoms with van der Waals surface area (Å²) in [5, 5.41) is 0. The van der Waals surface area contributed by atoms with Crippen molar-refractivity contribution >= 4 is 27.5 Å². The molecule has 0 bridgehead atoms. The largest absolute Gasteiger partial charge is 0.192 e. The molecule has 0 aliphatic carbocycles. The van der Waals surface area contributed by atoms with Crippen molar-refractivity contribution in [2.24, 2.45) is 0 Å². The minimum atomic E-state index is 1.10. The van der Waals surface area contributed by atoms with Gasteiger partial charge in [-0.05, 0) is 43.1 Å². The van der Waals surface area contributed by atoms with Crippen molar-refractivity contribution < 1.29 is 0 Å². The first-order valence-corrected chi connectivity index (χ1v) is 5.94. The van der Waals surface area contributed by atoms with Crippen molar-refractivity contribution in [3.05, 3.63) is 39.2 Å². The van der Waals surface area contributed by atoms with Crippen LogP contribution < -0.4 is 0 Å². The Balaban J connectivity index is 2.49. The summed E-state index contributed by atoms with van der Waals surface area (Å²) in [5.74, 6) is 0. The van der Waals surface area contributed by atoms with Gasteiger partial charge >= 0.3 is 0 Å². The van der Waals surface area contributed by atoms with E-state index in [1.165, 1.54) is 16.0 Å². The Hall–Kier alpha value is -0.670. The Labute approximate surface area is 96.1 Å². The van der Waals surface area contributed by atoms with E-state index in [0.29, 0.717) is 0 Å². The lowest BCUT2D eigenvalue weighted by atomic mass is 10.1. The van der Waals surface area contributed by atoms with E-state index in [1.807, 2.05) is 12.1 Å². The van der Waals surface area contributed by atoms with E-state index in [0.717, 1.165) is 10.2 Å². The Morgan fingerprint density at radius 2 is 1.79 bits per heavy atom. The monoisotopic (exact) mass is 267 g/mol.